The van der Waals surface area contributed by atoms with E-state index in [0.29, 0.717) is 25.6 Å². The van der Waals surface area contributed by atoms with Crippen molar-refractivity contribution in [1.29, 1.82) is 0 Å². The topological polar surface area (TPSA) is 111 Å². The third-order valence-electron chi connectivity index (χ3n) is 8.29. The maximum atomic E-state index is 13.4. The Morgan fingerprint density at radius 1 is 0.974 bits per heavy atom. The van der Waals surface area contributed by atoms with Crippen LogP contribution in [-0.2, 0) is 16.0 Å². The molecular weight excluding hydrogens is 496 g/mol. The molecule has 0 radical (unpaired) electrons. The summed E-state index contributed by atoms with van der Waals surface area (Å²) in [5.41, 5.74) is 3.76. The number of nitrogens with zero attached hydrogens (tertiary/aromatic N) is 2. The van der Waals surface area contributed by atoms with E-state index in [2.05, 4.69) is 59.2 Å². The number of nitrogens with one attached hydrogen (secondary N) is 2. The minimum Gasteiger partial charge on any atom is -0.465 e. The zero-order chi connectivity index (χ0) is 27.2. The second kappa shape index (κ2) is 12.5. The Morgan fingerprint density at radius 2 is 1.67 bits per heavy atom. The number of carbonyl (C=O) groups is 3. The van der Waals surface area contributed by atoms with Crippen LogP contribution in [0.4, 0.5) is 9.59 Å². The van der Waals surface area contributed by atoms with Gasteiger partial charge in [0.05, 0.1) is 12.1 Å². The van der Waals surface area contributed by atoms with E-state index in [0.717, 1.165) is 45.2 Å². The van der Waals surface area contributed by atoms with Gasteiger partial charge in [-0.05, 0) is 54.7 Å². The molecule has 3 saturated heterocycles. The van der Waals surface area contributed by atoms with Gasteiger partial charge in [-0.3, -0.25) is 4.79 Å². The maximum Gasteiger partial charge on any atom is 0.404 e. The Balaban J connectivity index is 1.21. The molecule has 3 N–H and O–H groups in total. The van der Waals surface area contributed by atoms with Crippen molar-refractivity contribution < 1.29 is 24.2 Å². The van der Waals surface area contributed by atoms with Gasteiger partial charge in [-0.2, -0.15) is 0 Å². The monoisotopic (exact) mass is 534 g/mol. The zero-order valence-corrected chi connectivity index (χ0v) is 22.3. The highest BCUT2D eigenvalue weighted by Crippen LogP contribution is 2.38. The first-order chi connectivity index (χ1) is 19.0. The van der Waals surface area contributed by atoms with Crippen LogP contribution >= 0.6 is 0 Å². The van der Waals surface area contributed by atoms with Crippen LogP contribution in [0, 0.1) is 5.92 Å². The van der Waals surface area contributed by atoms with Crippen LogP contribution in [0.1, 0.15) is 48.3 Å². The Bertz CT molecular complexity index is 1130. The highest BCUT2D eigenvalue weighted by Gasteiger charge is 2.38. The second-order valence-corrected chi connectivity index (χ2v) is 10.8. The molecule has 9 nitrogen and oxygen atoms in total. The average Bonchev–Trinajstić information content (AvgIpc) is 2.96. The van der Waals surface area contributed by atoms with E-state index < -0.39 is 6.09 Å². The fourth-order valence-corrected chi connectivity index (χ4v) is 6.27. The van der Waals surface area contributed by atoms with E-state index in [1.54, 1.807) is 0 Å². The number of amides is 4. The summed E-state index contributed by atoms with van der Waals surface area (Å²) in [5.74, 6) is 0.553. The molecule has 208 valence electrons. The number of hydrogen-bond acceptors (Lipinski definition) is 4. The van der Waals surface area contributed by atoms with Crippen molar-refractivity contribution in [3.8, 4) is 0 Å². The van der Waals surface area contributed by atoms with E-state index in [1.165, 1.54) is 16.7 Å². The van der Waals surface area contributed by atoms with Crippen molar-refractivity contribution in [2.24, 2.45) is 5.92 Å². The number of aryl methyl sites for hydroxylation is 1. The Kier molecular flexibility index (Phi) is 8.66. The van der Waals surface area contributed by atoms with Crippen molar-refractivity contribution in [3.63, 3.8) is 0 Å². The fourth-order valence-electron chi connectivity index (χ4n) is 6.27. The van der Waals surface area contributed by atoms with Gasteiger partial charge in [0.2, 0.25) is 5.91 Å². The standard InChI is InChI=1S/C30H38N4O5/c35-27-20-39-26-14-18-34(19-25(26)32-27)30(38)33-16-12-24(13-17-33)28(22-6-2-1-3-7-22)23-10-8-21(9-11-23)5-4-15-31-29(36)37/h1-3,6-11,24-26,28,31H,4-5,12-20H2,(H,32,35)(H,36,37)/t25-,26+,28-/m1/s1. The lowest BCUT2D eigenvalue weighted by Crippen LogP contribution is -2.62. The number of benzene rings is 2. The Hall–Kier alpha value is -3.59. The first-order valence-corrected chi connectivity index (χ1v) is 14.0. The number of rotatable bonds is 7. The molecule has 2 aromatic rings. The highest BCUT2D eigenvalue weighted by molar-refractivity contribution is 5.79. The number of ether oxygens (including phenoxy) is 1. The number of piperidine rings is 2. The van der Waals surface area contributed by atoms with Crippen LogP contribution in [0.3, 0.4) is 0 Å². The third-order valence-corrected chi connectivity index (χ3v) is 8.29. The van der Waals surface area contributed by atoms with Crippen molar-refractivity contribution in [3.05, 3.63) is 71.3 Å². The normalized spacial score (nSPS) is 22.5. The van der Waals surface area contributed by atoms with E-state index in [-0.39, 0.29) is 36.6 Å². The smallest absolute Gasteiger partial charge is 0.404 e. The first-order valence-electron chi connectivity index (χ1n) is 14.0. The van der Waals surface area contributed by atoms with Gasteiger partial charge >= 0.3 is 12.1 Å². The second-order valence-electron chi connectivity index (χ2n) is 10.8. The van der Waals surface area contributed by atoms with Crippen LogP contribution in [0.5, 0.6) is 0 Å². The molecule has 0 aliphatic carbocycles. The third kappa shape index (κ3) is 6.71. The van der Waals surface area contributed by atoms with Gasteiger partial charge in [-0.15, -0.1) is 0 Å². The van der Waals surface area contributed by atoms with Crippen molar-refractivity contribution in [2.45, 2.75) is 50.2 Å². The molecule has 0 bridgehead atoms. The van der Waals surface area contributed by atoms with Gasteiger partial charge in [-0.1, -0.05) is 54.6 Å². The molecule has 0 aromatic heterocycles. The van der Waals surface area contributed by atoms with Crippen LogP contribution < -0.4 is 10.6 Å². The molecule has 0 saturated carbocycles. The number of likely N-dealkylation sites (tertiary alicyclic amines) is 2. The molecule has 3 fully saturated rings. The zero-order valence-electron chi connectivity index (χ0n) is 22.3. The fraction of sp³-hybridized carbons (Fsp3) is 0.500. The molecule has 4 amide bonds. The number of fused-ring (bicyclic) bond motifs is 1. The van der Waals surface area contributed by atoms with Gasteiger partial charge in [0, 0.05) is 38.6 Å². The Morgan fingerprint density at radius 3 is 2.38 bits per heavy atom. The summed E-state index contributed by atoms with van der Waals surface area (Å²) in [6.45, 7) is 3.14. The average molecular weight is 535 g/mol. The number of carbonyl (C=O) groups excluding carboxylic acids is 2. The number of morpholine rings is 1. The number of carboxylic acid groups (broad SMARTS) is 1. The molecule has 3 atom stereocenters. The quantitative estimate of drug-likeness (QED) is 0.472. The van der Waals surface area contributed by atoms with E-state index in [9.17, 15) is 14.4 Å². The summed E-state index contributed by atoms with van der Waals surface area (Å²) in [7, 11) is 0. The molecule has 5 rings (SSSR count). The molecular formula is C30H38N4O5. The molecule has 3 aliphatic rings. The van der Waals surface area contributed by atoms with Gasteiger partial charge < -0.3 is 30.3 Å². The summed E-state index contributed by atoms with van der Waals surface area (Å²) in [6, 6.07) is 19.3. The van der Waals surface area contributed by atoms with Gasteiger partial charge in [0.1, 0.15) is 6.61 Å². The lowest BCUT2D eigenvalue weighted by molar-refractivity contribution is -0.139. The summed E-state index contributed by atoms with van der Waals surface area (Å²) >= 11 is 0. The summed E-state index contributed by atoms with van der Waals surface area (Å²) in [4.78, 5) is 39.6. The van der Waals surface area contributed by atoms with E-state index >= 15 is 0 Å². The van der Waals surface area contributed by atoms with Crippen molar-refractivity contribution in [1.82, 2.24) is 20.4 Å². The SMILES string of the molecule is O=C(O)NCCCc1ccc([C@@H](c2ccccc2)C2CCN(C(=O)N3CC[C@@H]4OCC(=O)N[C@@H]4C3)CC2)cc1. The lowest BCUT2D eigenvalue weighted by Gasteiger charge is -2.44. The van der Waals surface area contributed by atoms with Crippen LogP contribution in [0.25, 0.3) is 0 Å². The van der Waals surface area contributed by atoms with Gasteiger partial charge in [0.15, 0.2) is 0 Å². The van der Waals surface area contributed by atoms with Crippen molar-refractivity contribution >= 4 is 18.0 Å². The first kappa shape index (κ1) is 27.0. The van der Waals surface area contributed by atoms with Crippen LogP contribution in [0.15, 0.2) is 54.6 Å². The maximum absolute atomic E-state index is 13.4. The molecule has 39 heavy (non-hydrogen) atoms. The molecule has 3 heterocycles. The van der Waals surface area contributed by atoms with Crippen molar-refractivity contribution in [2.75, 3.05) is 39.3 Å². The molecule has 9 heteroatoms. The minimum absolute atomic E-state index is 0.00286. The van der Waals surface area contributed by atoms with Gasteiger partial charge in [-0.25, -0.2) is 9.59 Å². The number of hydrogen-bond donors (Lipinski definition) is 3. The Labute approximate surface area is 229 Å². The van der Waals surface area contributed by atoms with E-state index in [1.807, 2.05) is 15.9 Å². The van der Waals surface area contributed by atoms with Gasteiger partial charge in [0.25, 0.3) is 0 Å². The predicted molar refractivity (Wildman–Crippen MR) is 147 cm³/mol. The summed E-state index contributed by atoms with van der Waals surface area (Å²) in [6.07, 6.45) is 3.19. The lowest BCUT2D eigenvalue weighted by atomic mass is 9.76. The minimum atomic E-state index is -0.985. The molecule has 3 aliphatic heterocycles. The van der Waals surface area contributed by atoms with Crippen LogP contribution in [-0.4, -0.2) is 84.4 Å². The summed E-state index contributed by atoms with van der Waals surface area (Å²) < 4.78 is 5.64. The highest BCUT2D eigenvalue weighted by atomic mass is 16.5. The molecule has 0 spiro atoms. The van der Waals surface area contributed by atoms with Crippen LogP contribution in [0.2, 0.25) is 0 Å². The molecule has 0 unspecified atom stereocenters. The van der Waals surface area contributed by atoms with E-state index in [4.69, 9.17) is 9.84 Å². The largest absolute Gasteiger partial charge is 0.465 e. The predicted octanol–water partition coefficient (Wildman–Crippen LogP) is 3.44. The number of urea groups is 1. The summed E-state index contributed by atoms with van der Waals surface area (Å²) in [5, 5.41) is 14.2. The molecule has 2 aromatic carbocycles.